The van der Waals surface area contributed by atoms with Gasteiger partial charge in [0.15, 0.2) is 0 Å². The van der Waals surface area contributed by atoms with Gasteiger partial charge in [-0.3, -0.25) is 4.90 Å². The lowest BCUT2D eigenvalue weighted by Gasteiger charge is -2.48. The molecule has 1 saturated carbocycles. The van der Waals surface area contributed by atoms with E-state index in [1.54, 1.807) is 0 Å². The lowest BCUT2D eigenvalue weighted by atomic mass is 9.81. The smallest absolute Gasteiger partial charge is 0.0331 e. The highest BCUT2D eigenvalue weighted by Crippen LogP contribution is 2.38. The molecule has 0 aromatic carbocycles. The summed E-state index contributed by atoms with van der Waals surface area (Å²) in [5.74, 6) is 2.68. The van der Waals surface area contributed by atoms with Crippen LogP contribution in [0.5, 0.6) is 0 Å². The van der Waals surface area contributed by atoms with E-state index >= 15 is 0 Å². The SMILES string of the molecule is CCC1CCCC(CN)(N2CCC(C)C(C)C2)CC1. The third-order valence-electron chi connectivity index (χ3n) is 6.23. The molecule has 4 unspecified atom stereocenters. The molecule has 1 saturated heterocycles. The summed E-state index contributed by atoms with van der Waals surface area (Å²) in [5, 5.41) is 0. The Hall–Kier alpha value is -0.0800. The third kappa shape index (κ3) is 3.33. The molecule has 19 heavy (non-hydrogen) atoms. The van der Waals surface area contributed by atoms with Crippen LogP contribution in [0, 0.1) is 17.8 Å². The largest absolute Gasteiger partial charge is 0.329 e. The van der Waals surface area contributed by atoms with Crippen LogP contribution in [0.15, 0.2) is 0 Å². The second-order valence-electron chi connectivity index (χ2n) is 7.32. The number of hydrogen-bond acceptors (Lipinski definition) is 2. The molecule has 1 aliphatic carbocycles. The number of hydrogen-bond donors (Lipinski definition) is 1. The molecule has 0 bridgehead atoms. The van der Waals surface area contributed by atoms with Gasteiger partial charge >= 0.3 is 0 Å². The van der Waals surface area contributed by atoms with E-state index in [9.17, 15) is 0 Å². The number of rotatable bonds is 3. The van der Waals surface area contributed by atoms with Gasteiger partial charge in [0.25, 0.3) is 0 Å². The second kappa shape index (κ2) is 6.58. The maximum absolute atomic E-state index is 6.26. The Balaban J connectivity index is 2.05. The molecule has 0 aromatic rings. The van der Waals surface area contributed by atoms with E-state index in [1.807, 2.05) is 0 Å². The average Bonchev–Trinajstić information content (AvgIpc) is 2.64. The zero-order valence-electron chi connectivity index (χ0n) is 13.3. The molecular formula is C17H34N2. The minimum absolute atomic E-state index is 0.332. The van der Waals surface area contributed by atoms with Crippen molar-refractivity contribution in [3.8, 4) is 0 Å². The molecule has 2 heteroatoms. The van der Waals surface area contributed by atoms with E-state index in [-0.39, 0.29) is 0 Å². The minimum Gasteiger partial charge on any atom is -0.329 e. The summed E-state index contributed by atoms with van der Waals surface area (Å²) in [5.41, 5.74) is 6.60. The zero-order valence-corrected chi connectivity index (χ0v) is 13.3. The van der Waals surface area contributed by atoms with Crippen molar-refractivity contribution in [1.29, 1.82) is 0 Å². The Bertz CT molecular complexity index is 278. The number of nitrogens with two attached hydrogens (primary N) is 1. The minimum atomic E-state index is 0.332. The van der Waals surface area contributed by atoms with Crippen molar-refractivity contribution in [2.24, 2.45) is 23.5 Å². The lowest BCUT2D eigenvalue weighted by Crippen LogP contribution is -2.57. The summed E-state index contributed by atoms with van der Waals surface area (Å²) in [7, 11) is 0. The van der Waals surface area contributed by atoms with Crippen LogP contribution < -0.4 is 5.73 Å². The van der Waals surface area contributed by atoms with Crippen LogP contribution in [-0.2, 0) is 0 Å². The maximum Gasteiger partial charge on any atom is 0.0331 e. The molecule has 1 heterocycles. The van der Waals surface area contributed by atoms with Crippen molar-refractivity contribution < 1.29 is 0 Å². The Kier molecular flexibility index (Phi) is 5.30. The van der Waals surface area contributed by atoms with Gasteiger partial charge in [-0.05, 0) is 50.0 Å². The standard InChI is InChI=1S/C17H34N2/c1-4-16-6-5-9-17(13-18,10-7-16)19-11-8-14(2)15(3)12-19/h14-16H,4-13,18H2,1-3H3. The Labute approximate surface area is 120 Å². The van der Waals surface area contributed by atoms with Gasteiger partial charge in [-0.1, -0.05) is 40.0 Å². The number of piperidine rings is 1. The zero-order chi connectivity index (χ0) is 13.9. The Morgan fingerprint density at radius 3 is 2.53 bits per heavy atom. The molecular weight excluding hydrogens is 232 g/mol. The quantitative estimate of drug-likeness (QED) is 0.790. The molecule has 2 aliphatic rings. The molecule has 2 nitrogen and oxygen atoms in total. The molecule has 4 atom stereocenters. The lowest BCUT2D eigenvalue weighted by molar-refractivity contribution is 0.0200. The highest BCUT2D eigenvalue weighted by Gasteiger charge is 2.39. The van der Waals surface area contributed by atoms with E-state index < -0.39 is 0 Å². The first-order chi connectivity index (χ1) is 9.11. The highest BCUT2D eigenvalue weighted by atomic mass is 15.2. The van der Waals surface area contributed by atoms with Gasteiger partial charge in [0.1, 0.15) is 0 Å². The molecule has 0 spiro atoms. The van der Waals surface area contributed by atoms with Crippen LogP contribution in [0.4, 0.5) is 0 Å². The summed E-state index contributed by atoms with van der Waals surface area (Å²) in [6.45, 7) is 10.6. The Morgan fingerprint density at radius 2 is 1.89 bits per heavy atom. The third-order valence-corrected chi connectivity index (χ3v) is 6.23. The summed E-state index contributed by atoms with van der Waals surface area (Å²) in [6.07, 6.45) is 9.60. The normalized spacial score (nSPS) is 42.0. The van der Waals surface area contributed by atoms with Crippen molar-refractivity contribution >= 4 is 0 Å². The second-order valence-corrected chi connectivity index (χ2v) is 7.32. The van der Waals surface area contributed by atoms with E-state index in [4.69, 9.17) is 5.73 Å². The highest BCUT2D eigenvalue weighted by molar-refractivity contribution is 4.96. The van der Waals surface area contributed by atoms with E-state index in [0.717, 1.165) is 24.3 Å². The fourth-order valence-electron chi connectivity index (χ4n) is 4.21. The summed E-state index contributed by atoms with van der Waals surface area (Å²) < 4.78 is 0. The van der Waals surface area contributed by atoms with Gasteiger partial charge < -0.3 is 5.73 Å². The number of nitrogens with zero attached hydrogens (tertiary/aromatic N) is 1. The van der Waals surface area contributed by atoms with Gasteiger partial charge in [-0.2, -0.15) is 0 Å². The van der Waals surface area contributed by atoms with Crippen LogP contribution in [0.1, 0.15) is 65.7 Å². The Morgan fingerprint density at radius 1 is 1.11 bits per heavy atom. The predicted octanol–water partition coefficient (Wildman–Crippen LogP) is 3.65. The fourth-order valence-corrected chi connectivity index (χ4v) is 4.21. The number of likely N-dealkylation sites (tertiary alicyclic amines) is 1. The monoisotopic (exact) mass is 266 g/mol. The summed E-state index contributed by atoms with van der Waals surface area (Å²) >= 11 is 0. The van der Waals surface area contributed by atoms with Crippen LogP contribution in [-0.4, -0.2) is 30.1 Å². The van der Waals surface area contributed by atoms with Crippen LogP contribution >= 0.6 is 0 Å². The van der Waals surface area contributed by atoms with Gasteiger partial charge in [0.2, 0.25) is 0 Å². The van der Waals surface area contributed by atoms with Crippen LogP contribution in [0.3, 0.4) is 0 Å². The first kappa shape index (κ1) is 15.3. The molecule has 2 N–H and O–H groups in total. The van der Waals surface area contributed by atoms with Crippen molar-refractivity contribution in [3.63, 3.8) is 0 Å². The van der Waals surface area contributed by atoms with Crippen molar-refractivity contribution in [1.82, 2.24) is 4.90 Å². The van der Waals surface area contributed by atoms with Gasteiger partial charge in [0, 0.05) is 18.6 Å². The van der Waals surface area contributed by atoms with Gasteiger partial charge in [-0.25, -0.2) is 0 Å². The van der Waals surface area contributed by atoms with Crippen molar-refractivity contribution in [2.75, 3.05) is 19.6 Å². The molecule has 2 rings (SSSR count). The fraction of sp³-hybridized carbons (Fsp3) is 1.00. The first-order valence-corrected chi connectivity index (χ1v) is 8.56. The van der Waals surface area contributed by atoms with Gasteiger partial charge in [-0.15, -0.1) is 0 Å². The van der Waals surface area contributed by atoms with Gasteiger partial charge in [0.05, 0.1) is 0 Å². The first-order valence-electron chi connectivity index (χ1n) is 8.56. The molecule has 112 valence electrons. The summed E-state index contributed by atoms with van der Waals surface area (Å²) in [4.78, 5) is 2.77. The predicted molar refractivity (Wildman–Crippen MR) is 83.2 cm³/mol. The molecule has 0 radical (unpaired) electrons. The average molecular weight is 266 g/mol. The van der Waals surface area contributed by atoms with E-state index in [2.05, 4.69) is 25.7 Å². The van der Waals surface area contributed by atoms with Crippen LogP contribution in [0.2, 0.25) is 0 Å². The molecule has 0 amide bonds. The molecule has 0 aromatic heterocycles. The maximum atomic E-state index is 6.26. The summed E-state index contributed by atoms with van der Waals surface area (Å²) in [6, 6.07) is 0. The van der Waals surface area contributed by atoms with Crippen LogP contribution in [0.25, 0.3) is 0 Å². The van der Waals surface area contributed by atoms with E-state index in [0.29, 0.717) is 5.54 Å². The van der Waals surface area contributed by atoms with E-state index in [1.165, 1.54) is 58.0 Å². The molecule has 1 aliphatic heterocycles. The molecule has 2 fully saturated rings. The topological polar surface area (TPSA) is 29.3 Å². The van der Waals surface area contributed by atoms with Crippen molar-refractivity contribution in [2.45, 2.75) is 71.3 Å². The van der Waals surface area contributed by atoms with Crippen molar-refractivity contribution in [3.05, 3.63) is 0 Å².